The van der Waals surface area contributed by atoms with Gasteiger partial charge < -0.3 is 34.1 Å². The molecule has 0 aliphatic carbocycles. The molecule has 0 aromatic carbocycles. The predicted octanol–water partition coefficient (Wildman–Crippen LogP) is 1.59. The Hall–Kier alpha value is 0.820. The van der Waals surface area contributed by atoms with E-state index in [9.17, 15) is 4.80 Å². The van der Waals surface area contributed by atoms with E-state index in [1.165, 1.54) is 0 Å². The predicted molar refractivity (Wildman–Crippen MR) is 95.1 cm³/mol. The summed E-state index contributed by atoms with van der Waals surface area (Å²) in [5.74, 6) is 0. The van der Waals surface area contributed by atoms with Crippen molar-refractivity contribution in [3.05, 3.63) is 0 Å². The normalized spacial score (nSPS) is 12.2. The van der Waals surface area contributed by atoms with E-state index in [2.05, 4.69) is 0 Å². The zero-order valence-corrected chi connectivity index (χ0v) is 20.7. The summed E-state index contributed by atoms with van der Waals surface area (Å²) < 4.78 is 16.9. The minimum atomic E-state index is -3.66. The molecule has 0 radical (unpaired) electrons. The van der Waals surface area contributed by atoms with Gasteiger partial charge >= 0.3 is 9.05 Å². The summed E-state index contributed by atoms with van der Waals surface area (Å²) in [4.78, 5) is 10.5. The monoisotopic (exact) mass is 450 g/mol. The molecule has 0 aliphatic heterocycles. The molecule has 9 heteroatoms. The number of rotatable bonds is 3. The van der Waals surface area contributed by atoms with Gasteiger partial charge in [-0.2, -0.15) is 0 Å². The Kier molecular flexibility index (Phi) is 19.5. The fourth-order valence-corrected chi connectivity index (χ4v) is 3.67. The zero-order chi connectivity index (χ0) is 17.7. The molecule has 0 heterocycles. The molecule has 0 amide bonds. The van der Waals surface area contributed by atoms with Crippen LogP contribution in [0.25, 0.3) is 0 Å². The van der Waals surface area contributed by atoms with Crippen molar-refractivity contribution in [3.63, 3.8) is 0 Å². The molecule has 0 aromatic rings. The van der Waals surface area contributed by atoms with Gasteiger partial charge in [-0.15, -0.1) is 0 Å². The first kappa shape index (κ1) is 35.8. The van der Waals surface area contributed by atoms with Crippen LogP contribution in [0.4, 0.5) is 0 Å². The van der Waals surface area contributed by atoms with Crippen LogP contribution in [-0.2, 0) is 39.5 Å². The molecule has 0 rings (SSSR count). The molecule has 0 saturated heterocycles. The van der Waals surface area contributed by atoms with Gasteiger partial charge in [-0.1, -0.05) is 0 Å². The van der Waals surface area contributed by atoms with Crippen LogP contribution in [0.5, 0.6) is 0 Å². The van der Waals surface area contributed by atoms with Crippen LogP contribution in [0.2, 0.25) is 0 Å². The Balaban J connectivity index is -0.000000154. The first-order valence-electron chi connectivity index (χ1n) is 7.36. The molecule has 150 valence electrons. The summed E-state index contributed by atoms with van der Waals surface area (Å²) in [5.41, 5.74) is -1.55. The summed E-state index contributed by atoms with van der Waals surface area (Å²) in [6.07, 6.45) is -0.167. The van der Waals surface area contributed by atoms with Crippen molar-refractivity contribution in [1.29, 1.82) is 0 Å². The molecular formula is C15H40O7SiZr. The molecule has 0 spiro atoms. The third-order valence-electron chi connectivity index (χ3n) is 1.31. The molecule has 0 bridgehead atoms. The van der Waals surface area contributed by atoms with Gasteiger partial charge in [-0.3, -0.25) is 0 Å². The van der Waals surface area contributed by atoms with Crippen molar-refractivity contribution < 1.29 is 60.3 Å². The van der Waals surface area contributed by atoms with E-state index in [4.69, 9.17) is 18.4 Å². The molecule has 7 nitrogen and oxygen atoms in total. The first-order chi connectivity index (χ1) is 8.85. The smallest absolute Gasteiger partial charge is 0.412 e. The third kappa shape index (κ3) is 30.7. The largest absolute Gasteiger partial charge is 0.678 e. The van der Waals surface area contributed by atoms with E-state index in [1.54, 1.807) is 13.8 Å². The minimum Gasteiger partial charge on any atom is -0.412 e. The number of aliphatic hydroxyl groups is 1. The van der Waals surface area contributed by atoms with Gasteiger partial charge in [0.2, 0.25) is 0 Å². The van der Waals surface area contributed by atoms with Crippen molar-refractivity contribution in [1.82, 2.24) is 0 Å². The van der Waals surface area contributed by atoms with E-state index >= 15 is 0 Å². The summed E-state index contributed by atoms with van der Waals surface area (Å²) in [6, 6.07) is 0. The van der Waals surface area contributed by atoms with E-state index in [-0.39, 0.29) is 43.3 Å². The van der Waals surface area contributed by atoms with Crippen LogP contribution in [0.15, 0.2) is 0 Å². The molecule has 0 saturated carbocycles. The quantitative estimate of drug-likeness (QED) is 0.629. The number of hydrogen-bond donors (Lipinski definition) is 2. The summed E-state index contributed by atoms with van der Waals surface area (Å²) >= 11 is 0. The van der Waals surface area contributed by atoms with Crippen molar-refractivity contribution in [2.45, 2.75) is 99.1 Å². The van der Waals surface area contributed by atoms with Crippen LogP contribution >= 0.6 is 0 Å². The standard InChI is InChI=1S/C12H28O4Si.C3H8O.2H2O.Zr/c1-10(2,3)14-17(13,15-11(4,5)6)16-12(7,8)9;1-3(2)4;;;/h13H,1-9H3;3-4H,1-2H3;2*1H2;. The van der Waals surface area contributed by atoms with Crippen molar-refractivity contribution in [2.24, 2.45) is 0 Å². The second-order valence-corrected chi connectivity index (χ2v) is 9.92. The molecule has 24 heavy (non-hydrogen) atoms. The maximum atomic E-state index is 10.5. The topological polar surface area (TPSA) is 131 Å². The average molecular weight is 452 g/mol. The van der Waals surface area contributed by atoms with Crippen molar-refractivity contribution in [2.75, 3.05) is 0 Å². The van der Waals surface area contributed by atoms with Gasteiger partial charge in [-0.05, 0) is 76.2 Å². The van der Waals surface area contributed by atoms with E-state index in [0.29, 0.717) is 0 Å². The van der Waals surface area contributed by atoms with Gasteiger partial charge in [0.05, 0.1) is 16.8 Å². The molecule has 0 fully saturated rings. The van der Waals surface area contributed by atoms with Crippen LogP contribution in [0, 0.1) is 0 Å². The summed E-state index contributed by atoms with van der Waals surface area (Å²) in [7, 11) is -3.66. The van der Waals surface area contributed by atoms with Gasteiger partial charge in [0.15, 0.2) is 0 Å². The van der Waals surface area contributed by atoms with Gasteiger partial charge in [0.25, 0.3) is 0 Å². The Morgan fingerprint density at radius 1 is 0.667 bits per heavy atom. The van der Waals surface area contributed by atoms with Crippen molar-refractivity contribution >= 4 is 9.05 Å². The summed E-state index contributed by atoms with van der Waals surface area (Å²) in [6.45, 7) is 20.2. The minimum absolute atomic E-state index is 0. The van der Waals surface area contributed by atoms with Gasteiger partial charge in [0.1, 0.15) is 0 Å². The number of hydrogen-bond acceptors (Lipinski definition) is 5. The van der Waals surface area contributed by atoms with Crippen molar-refractivity contribution in [3.8, 4) is 0 Å². The Labute approximate surface area is 168 Å². The molecule has 6 N–H and O–H groups in total. The summed E-state index contributed by atoms with van der Waals surface area (Å²) in [5, 5.41) is 8.06. The molecule has 0 atom stereocenters. The van der Waals surface area contributed by atoms with E-state index in [1.807, 2.05) is 62.3 Å². The molecule has 0 aliphatic rings. The van der Waals surface area contributed by atoms with Crippen LogP contribution in [-0.4, -0.2) is 52.8 Å². The SMILES string of the molecule is CC(C)(C)O[Si](O)(OC(C)(C)C)OC(C)(C)C.CC(C)O.O.O.[Zr]. The van der Waals surface area contributed by atoms with Crippen LogP contribution < -0.4 is 0 Å². The molecular weight excluding hydrogens is 411 g/mol. The fourth-order valence-electron chi connectivity index (χ4n) is 1.22. The zero-order valence-electron chi connectivity index (χ0n) is 17.2. The maximum Gasteiger partial charge on any atom is 0.678 e. The third-order valence-corrected chi connectivity index (χ3v) is 3.92. The first-order valence-corrected chi connectivity index (χ1v) is 9.03. The fraction of sp³-hybridized carbons (Fsp3) is 1.00. The van der Waals surface area contributed by atoms with Crippen LogP contribution in [0.1, 0.15) is 76.2 Å². The van der Waals surface area contributed by atoms with Crippen LogP contribution in [0.3, 0.4) is 0 Å². The van der Waals surface area contributed by atoms with E-state index < -0.39 is 25.9 Å². The van der Waals surface area contributed by atoms with E-state index in [0.717, 1.165) is 0 Å². The second-order valence-electron chi connectivity index (χ2n) is 8.26. The second kappa shape index (κ2) is 13.1. The Bertz CT molecular complexity index is 250. The average Bonchev–Trinajstić information content (AvgIpc) is 1.85. The maximum absolute atomic E-state index is 10.5. The van der Waals surface area contributed by atoms with Gasteiger partial charge in [-0.25, -0.2) is 0 Å². The molecule has 0 aromatic heterocycles. The Morgan fingerprint density at radius 3 is 0.875 bits per heavy atom. The van der Waals surface area contributed by atoms with Gasteiger partial charge in [0, 0.05) is 32.3 Å². The number of aliphatic hydroxyl groups excluding tert-OH is 1. The molecule has 0 unspecified atom stereocenters. The Morgan fingerprint density at radius 2 is 0.792 bits per heavy atom.